The van der Waals surface area contributed by atoms with Crippen molar-refractivity contribution in [2.24, 2.45) is 0 Å². The summed E-state index contributed by atoms with van der Waals surface area (Å²) in [5.41, 5.74) is 1.84. The Labute approximate surface area is 245 Å². The number of aromatic nitrogens is 1. The van der Waals surface area contributed by atoms with Crippen molar-refractivity contribution in [3.8, 4) is 0 Å². The van der Waals surface area contributed by atoms with E-state index in [1.807, 2.05) is 54.6 Å². The van der Waals surface area contributed by atoms with Gasteiger partial charge in [-0.15, -0.1) is 0 Å². The normalized spacial score (nSPS) is 12.6. The molecular weight excluding hydrogens is 540 g/mol. The maximum Gasteiger partial charge on any atom is 0.408 e. The molecule has 1 heterocycles. The maximum atomic E-state index is 13.4. The summed E-state index contributed by atoms with van der Waals surface area (Å²) in [4.78, 5) is 53.7. The first-order valence-corrected chi connectivity index (χ1v) is 13.9. The van der Waals surface area contributed by atoms with E-state index < -0.39 is 41.7 Å². The number of carbonyl (C=O) groups is 4. The molecule has 0 aliphatic carbocycles. The summed E-state index contributed by atoms with van der Waals surface area (Å²) in [6.07, 6.45) is 1.98. The zero-order valence-electron chi connectivity index (χ0n) is 24.5. The minimum Gasteiger partial charge on any atom is -0.467 e. The van der Waals surface area contributed by atoms with Crippen molar-refractivity contribution in [1.82, 2.24) is 20.9 Å². The Morgan fingerprint density at radius 1 is 0.881 bits per heavy atom. The molecule has 3 amide bonds. The summed E-state index contributed by atoms with van der Waals surface area (Å²) in [6.45, 7) is 5.68. The van der Waals surface area contributed by atoms with Gasteiger partial charge in [0.1, 0.15) is 24.3 Å². The van der Waals surface area contributed by atoms with E-state index in [4.69, 9.17) is 14.2 Å². The second-order valence-electron chi connectivity index (χ2n) is 10.8. The maximum absolute atomic E-state index is 13.4. The molecule has 0 aliphatic heterocycles. The van der Waals surface area contributed by atoms with Gasteiger partial charge >= 0.3 is 18.2 Å². The van der Waals surface area contributed by atoms with Gasteiger partial charge in [-0.05, 0) is 57.2 Å². The first-order valence-electron chi connectivity index (χ1n) is 13.9. The lowest BCUT2D eigenvalue weighted by Crippen LogP contribution is -2.53. The second kappa shape index (κ2) is 15.5. The van der Waals surface area contributed by atoms with Crippen LogP contribution in [0.5, 0.6) is 0 Å². The van der Waals surface area contributed by atoms with Crippen LogP contribution in [0.15, 0.2) is 60.8 Å². The molecule has 11 heteroatoms. The first-order chi connectivity index (χ1) is 20.1. The van der Waals surface area contributed by atoms with Crippen LogP contribution in [0.3, 0.4) is 0 Å². The molecule has 4 N–H and O–H groups in total. The number of amides is 3. The number of unbranched alkanes of at least 4 members (excludes halogenated alkanes) is 1. The highest BCUT2D eigenvalue weighted by atomic mass is 16.6. The van der Waals surface area contributed by atoms with E-state index in [1.165, 1.54) is 7.11 Å². The van der Waals surface area contributed by atoms with E-state index in [0.717, 1.165) is 22.0 Å². The van der Waals surface area contributed by atoms with E-state index in [2.05, 4.69) is 20.9 Å². The van der Waals surface area contributed by atoms with Crippen molar-refractivity contribution in [2.75, 3.05) is 13.7 Å². The Balaban J connectivity index is 1.57. The summed E-state index contributed by atoms with van der Waals surface area (Å²) in [7, 11) is 1.24. The predicted molar refractivity (Wildman–Crippen MR) is 158 cm³/mol. The van der Waals surface area contributed by atoms with Crippen LogP contribution in [-0.2, 0) is 36.8 Å². The van der Waals surface area contributed by atoms with Gasteiger partial charge in [0.2, 0.25) is 5.91 Å². The zero-order valence-corrected chi connectivity index (χ0v) is 24.5. The highest BCUT2D eigenvalue weighted by Gasteiger charge is 2.29. The minimum absolute atomic E-state index is 0.165. The van der Waals surface area contributed by atoms with E-state index in [-0.39, 0.29) is 19.4 Å². The summed E-state index contributed by atoms with van der Waals surface area (Å²) in [6, 6.07) is 15.0. The van der Waals surface area contributed by atoms with Crippen molar-refractivity contribution < 1.29 is 33.4 Å². The number of H-pyrrole nitrogens is 1. The molecule has 42 heavy (non-hydrogen) atoms. The highest BCUT2D eigenvalue weighted by molar-refractivity contribution is 5.91. The van der Waals surface area contributed by atoms with Crippen molar-refractivity contribution in [1.29, 1.82) is 0 Å². The quantitative estimate of drug-likeness (QED) is 0.133. The van der Waals surface area contributed by atoms with Crippen LogP contribution in [0.4, 0.5) is 9.59 Å². The Kier molecular flexibility index (Phi) is 11.8. The summed E-state index contributed by atoms with van der Waals surface area (Å²) in [5, 5.41) is 8.98. The van der Waals surface area contributed by atoms with E-state index in [9.17, 15) is 19.2 Å². The fourth-order valence-electron chi connectivity index (χ4n) is 4.28. The Morgan fingerprint density at radius 3 is 2.31 bits per heavy atom. The molecule has 226 valence electrons. The topological polar surface area (TPSA) is 148 Å². The number of alkyl carbamates (subject to hydrolysis) is 2. The standard InChI is InChI=1S/C31H40N4O7/c1-31(2,3)42-30(39)35-26(18-22-19-33-24-15-9-8-14-23(22)24)27(36)34-25(28(37)40-4)16-10-11-17-32-29(38)41-20-21-12-6-5-7-13-21/h5-9,12-15,19,25-26,33H,10-11,16-18,20H2,1-4H3,(H,32,38)(H,34,36)(H,35,39)/t25-,26+/m0/s1. The third-order valence-electron chi connectivity index (χ3n) is 6.31. The lowest BCUT2D eigenvalue weighted by atomic mass is 10.0. The number of aromatic amines is 1. The van der Waals surface area contributed by atoms with E-state index in [1.54, 1.807) is 27.0 Å². The number of hydrogen-bond acceptors (Lipinski definition) is 7. The molecular formula is C31H40N4O7. The number of esters is 1. The van der Waals surface area contributed by atoms with Crippen molar-refractivity contribution in [3.63, 3.8) is 0 Å². The smallest absolute Gasteiger partial charge is 0.408 e. The molecule has 2 atom stereocenters. The Morgan fingerprint density at radius 2 is 1.60 bits per heavy atom. The lowest BCUT2D eigenvalue weighted by Gasteiger charge is -2.25. The molecule has 1 aromatic heterocycles. The predicted octanol–water partition coefficient (Wildman–Crippen LogP) is 4.36. The number of rotatable bonds is 13. The van der Waals surface area contributed by atoms with Gasteiger partial charge in [0.15, 0.2) is 0 Å². The average molecular weight is 581 g/mol. The fraction of sp³-hybridized carbons (Fsp3) is 0.419. The van der Waals surface area contributed by atoms with Crippen LogP contribution in [-0.4, -0.2) is 60.4 Å². The van der Waals surface area contributed by atoms with Crippen LogP contribution in [0.2, 0.25) is 0 Å². The lowest BCUT2D eigenvalue weighted by molar-refractivity contribution is -0.145. The number of hydrogen-bond donors (Lipinski definition) is 4. The number of methoxy groups -OCH3 is 1. The van der Waals surface area contributed by atoms with Gasteiger partial charge < -0.3 is 35.1 Å². The van der Waals surface area contributed by atoms with Gasteiger partial charge in [0.05, 0.1) is 7.11 Å². The van der Waals surface area contributed by atoms with Gasteiger partial charge in [-0.2, -0.15) is 0 Å². The number of benzene rings is 2. The number of ether oxygens (including phenoxy) is 3. The second-order valence-corrected chi connectivity index (χ2v) is 10.8. The monoisotopic (exact) mass is 580 g/mol. The highest BCUT2D eigenvalue weighted by Crippen LogP contribution is 2.20. The van der Waals surface area contributed by atoms with E-state index in [0.29, 0.717) is 19.4 Å². The number of para-hydroxylation sites is 1. The molecule has 0 radical (unpaired) electrons. The van der Waals surface area contributed by atoms with Gasteiger partial charge in [-0.1, -0.05) is 48.5 Å². The summed E-state index contributed by atoms with van der Waals surface area (Å²) >= 11 is 0. The van der Waals surface area contributed by atoms with Crippen LogP contribution >= 0.6 is 0 Å². The molecule has 3 aromatic rings. The van der Waals surface area contributed by atoms with Gasteiger partial charge in [0.25, 0.3) is 0 Å². The van der Waals surface area contributed by atoms with Gasteiger partial charge in [-0.3, -0.25) is 4.79 Å². The van der Waals surface area contributed by atoms with Crippen LogP contribution in [0.1, 0.15) is 51.2 Å². The molecule has 0 spiro atoms. The molecule has 2 aromatic carbocycles. The zero-order chi connectivity index (χ0) is 30.5. The molecule has 0 fully saturated rings. The summed E-state index contributed by atoms with van der Waals surface area (Å²) < 4.78 is 15.5. The third-order valence-corrected chi connectivity index (χ3v) is 6.31. The van der Waals surface area contributed by atoms with E-state index >= 15 is 0 Å². The SMILES string of the molecule is COC(=O)[C@H](CCCCNC(=O)OCc1ccccc1)NC(=O)[C@@H](Cc1c[nH]c2ccccc12)NC(=O)OC(C)(C)C. The van der Waals surface area contributed by atoms with Crippen molar-refractivity contribution in [2.45, 2.75) is 70.7 Å². The Hall–Kier alpha value is -4.54. The number of nitrogens with one attached hydrogen (secondary N) is 4. The third kappa shape index (κ3) is 10.5. The molecule has 0 saturated carbocycles. The first kappa shape index (κ1) is 32.0. The number of carbonyl (C=O) groups excluding carboxylic acids is 4. The Bertz CT molecular complexity index is 1330. The largest absolute Gasteiger partial charge is 0.467 e. The van der Waals surface area contributed by atoms with Crippen LogP contribution in [0.25, 0.3) is 10.9 Å². The van der Waals surface area contributed by atoms with Crippen molar-refractivity contribution in [3.05, 3.63) is 71.9 Å². The molecule has 0 bridgehead atoms. The fourth-order valence-corrected chi connectivity index (χ4v) is 4.28. The van der Waals surface area contributed by atoms with Gasteiger partial charge in [0, 0.05) is 30.1 Å². The summed E-state index contributed by atoms with van der Waals surface area (Å²) in [5.74, 6) is -1.16. The van der Waals surface area contributed by atoms with Crippen LogP contribution < -0.4 is 16.0 Å². The molecule has 3 rings (SSSR count). The van der Waals surface area contributed by atoms with Crippen LogP contribution in [0, 0.1) is 0 Å². The molecule has 11 nitrogen and oxygen atoms in total. The molecule has 0 aliphatic rings. The van der Waals surface area contributed by atoms with Crippen molar-refractivity contribution >= 4 is 35.0 Å². The minimum atomic E-state index is -1.02. The average Bonchev–Trinajstić information content (AvgIpc) is 3.36. The van der Waals surface area contributed by atoms with Gasteiger partial charge in [-0.25, -0.2) is 14.4 Å². The molecule has 0 unspecified atom stereocenters. The molecule has 0 saturated heterocycles. The number of fused-ring (bicyclic) bond motifs is 1.